The number of ether oxygens (including phenoxy) is 1. The topological polar surface area (TPSA) is 62.4 Å². The minimum Gasteiger partial charge on any atom is -0.373 e. The lowest BCUT2D eigenvalue weighted by Gasteiger charge is -2.20. The molecule has 0 radical (unpaired) electrons. The van der Waals surface area contributed by atoms with E-state index in [1.807, 2.05) is 31.3 Å². The highest BCUT2D eigenvalue weighted by molar-refractivity contribution is 5.89. The number of hydrogen-bond acceptors (Lipinski definition) is 3. The van der Waals surface area contributed by atoms with Gasteiger partial charge in [-0.05, 0) is 50.9 Å². The Morgan fingerprint density at radius 3 is 2.90 bits per heavy atom. The largest absolute Gasteiger partial charge is 0.373 e. The molecule has 2 heterocycles. The number of fused-ring (bicyclic) bond motifs is 2. The highest BCUT2D eigenvalue weighted by atomic mass is 16.5. The van der Waals surface area contributed by atoms with Crippen LogP contribution >= 0.6 is 0 Å². The molecule has 4 unspecified atom stereocenters. The Bertz CT molecular complexity index is 520. The monoisotopic (exact) mass is 289 g/mol. The number of benzene rings is 1. The van der Waals surface area contributed by atoms with E-state index in [0.717, 1.165) is 30.5 Å². The summed E-state index contributed by atoms with van der Waals surface area (Å²) in [5, 5.41) is 9.14. The first kappa shape index (κ1) is 14.4. The summed E-state index contributed by atoms with van der Waals surface area (Å²) in [4.78, 5) is 12.1. The average Bonchev–Trinajstić information content (AvgIpc) is 3.09. The number of carbonyl (C=O) groups is 1. The second-order valence-electron chi connectivity index (χ2n) is 5.95. The summed E-state index contributed by atoms with van der Waals surface area (Å²) >= 11 is 0. The molecule has 5 heteroatoms. The Hall–Kier alpha value is -1.59. The molecule has 0 spiro atoms. The number of rotatable bonds is 4. The molecule has 21 heavy (non-hydrogen) atoms. The van der Waals surface area contributed by atoms with Crippen molar-refractivity contribution >= 4 is 11.7 Å². The fourth-order valence-corrected chi connectivity index (χ4v) is 3.18. The normalized spacial score (nSPS) is 28.4. The lowest BCUT2D eigenvalue weighted by atomic mass is 9.96. The SMILES string of the molecule is CNC(C)c1cccc(NC(=O)NC2CC3CCC2O3)c1. The first-order valence-corrected chi connectivity index (χ1v) is 7.66. The van der Waals surface area contributed by atoms with Crippen molar-refractivity contribution in [2.24, 2.45) is 0 Å². The van der Waals surface area contributed by atoms with Gasteiger partial charge in [-0.1, -0.05) is 12.1 Å². The van der Waals surface area contributed by atoms with Crippen LogP contribution in [-0.4, -0.2) is 31.3 Å². The van der Waals surface area contributed by atoms with Gasteiger partial charge in [0.15, 0.2) is 0 Å². The van der Waals surface area contributed by atoms with Gasteiger partial charge in [-0.25, -0.2) is 4.79 Å². The summed E-state index contributed by atoms with van der Waals surface area (Å²) in [6, 6.07) is 8.18. The van der Waals surface area contributed by atoms with E-state index < -0.39 is 0 Å². The second kappa shape index (κ2) is 6.03. The molecule has 0 aromatic heterocycles. The van der Waals surface area contributed by atoms with Crippen LogP contribution in [-0.2, 0) is 4.74 Å². The van der Waals surface area contributed by atoms with Crippen molar-refractivity contribution in [3.63, 3.8) is 0 Å². The van der Waals surface area contributed by atoms with Crippen LogP contribution in [0.25, 0.3) is 0 Å². The molecule has 2 amide bonds. The molecule has 3 N–H and O–H groups in total. The minimum absolute atomic E-state index is 0.148. The molecule has 2 aliphatic heterocycles. The predicted molar refractivity (Wildman–Crippen MR) is 82.4 cm³/mol. The zero-order valence-corrected chi connectivity index (χ0v) is 12.6. The van der Waals surface area contributed by atoms with Crippen LogP contribution in [0, 0.1) is 0 Å². The van der Waals surface area contributed by atoms with E-state index in [9.17, 15) is 4.79 Å². The van der Waals surface area contributed by atoms with Gasteiger partial charge in [-0.15, -0.1) is 0 Å². The third-order valence-electron chi connectivity index (χ3n) is 4.50. The van der Waals surface area contributed by atoms with Crippen molar-refractivity contribution in [2.45, 2.75) is 50.5 Å². The smallest absolute Gasteiger partial charge is 0.319 e. The lowest BCUT2D eigenvalue weighted by Crippen LogP contribution is -2.43. The fraction of sp³-hybridized carbons (Fsp3) is 0.562. The molecule has 1 aromatic rings. The number of carbonyl (C=O) groups excluding carboxylic acids is 1. The van der Waals surface area contributed by atoms with Crippen molar-refractivity contribution in [1.82, 2.24) is 10.6 Å². The molecule has 114 valence electrons. The number of anilines is 1. The molecule has 0 aliphatic carbocycles. The predicted octanol–water partition coefficient (Wildman–Crippen LogP) is 2.41. The summed E-state index contributed by atoms with van der Waals surface area (Å²) < 4.78 is 5.75. The third kappa shape index (κ3) is 3.19. The maximum atomic E-state index is 12.1. The van der Waals surface area contributed by atoms with Gasteiger partial charge < -0.3 is 20.7 Å². The van der Waals surface area contributed by atoms with Gasteiger partial charge >= 0.3 is 6.03 Å². The third-order valence-corrected chi connectivity index (χ3v) is 4.50. The Morgan fingerprint density at radius 2 is 2.24 bits per heavy atom. The van der Waals surface area contributed by atoms with E-state index in [-0.39, 0.29) is 24.2 Å². The zero-order valence-electron chi connectivity index (χ0n) is 12.6. The Balaban J connectivity index is 1.57. The average molecular weight is 289 g/mol. The van der Waals surface area contributed by atoms with E-state index in [0.29, 0.717) is 6.10 Å². The van der Waals surface area contributed by atoms with Crippen molar-refractivity contribution in [3.05, 3.63) is 29.8 Å². The molecule has 2 saturated heterocycles. The van der Waals surface area contributed by atoms with Crippen LogP contribution in [0.2, 0.25) is 0 Å². The van der Waals surface area contributed by atoms with Crippen molar-refractivity contribution < 1.29 is 9.53 Å². The number of nitrogens with one attached hydrogen (secondary N) is 3. The van der Waals surface area contributed by atoms with Crippen molar-refractivity contribution in [2.75, 3.05) is 12.4 Å². The number of hydrogen-bond donors (Lipinski definition) is 3. The second-order valence-corrected chi connectivity index (χ2v) is 5.95. The van der Waals surface area contributed by atoms with Crippen LogP contribution in [0.4, 0.5) is 10.5 Å². The van der Waals surface area contributed by atoms with E-state index in [2.05, 4.69) is 22.9 Å². The van der Waals surface area contributed by atoms with Crippen LogP contribution in [0.5, 0.6) is 0 Å². The van der Waals surface area contributed by atoms with Crippen molar-refractivity contribution in [1.29, 1.82) is 0 Å². The summed E-state index contributed by atoms with van der Waals surface area (Å²) in [5.41, 5.74) is 1.97. The van der Waals surface area contributed by atoms with E-state index >= 15 is 0 Å². The minimum atomic E-state index is -0.148. The summed E-state index contributed by atoms with van der Waals surface area (Å²) in [6.07, 6.45) is 3.69. The molecule has 3 rings (SSSR count). The van der Waals surface area contributed by atoms with Gasteiger partial charge in [-0.2, -0.15) is 0 Å². The highest BCUT2D eigenvalue weighted by Gasteiger charge is 2.41. The number of urea groups is 1. The molecule has 2 aliphatic rings. The first-order chi connectivity index (χ1) is 10.2. The van der Waals surface area contributed by atoms with E-state index in [4.69, 9.17) is 4.74 Å². The van der Waals surface area contributed by atoms with E-state index in [1.165, 1.54) is 0 Å². The molecule has 5 nitrogen and oxygen atoms in total. The van der Waals surface area contributed by atoms with Crippen LogP contribution in [0.15, 0.2) is 24.3 Å². The van der Waals surface area contributed by atoms with Gasteiger partial charge in [-0.3, -0.25) is 0 Å². The van der Waals surface area contributed by atoms with Gasteiger partial charge in [0.2, 0.25) is 0 Å². The molecular weight excluding hydrogens is 266 g/mol. The standard InChI is InChI=1S/C16H23N3O2/c1-10(17-2)11-4-3-5-12(8-11)18-16(20)19-14-9-13-6-7-15(14)21-13/h3-5,8,10,13-15,17H,6-7,9H2,1-2H3,(H2,18,19,20). The molecule has 0 saturated carbocycles. The number of amides is 2. The molecule has 2 bridgehead atoms. The van der Waals surface area contributed by atoms with E-state index in [1.54, 1.807) is 0 Å². The highest BCUT2D eigenvalue weighted by Crippen LogP contribution is 2.34. The van der Waals surface area contributed by atoms with Gasteiger partial charge in [0.05, 0.1) is 18.2 Å². The van der Waals surface area contributed by atoms with Crippen LogP contribution < -0.4 is 16.0 Å². The molecular formula is C16H23N3O2. The molecule has 1 aromatic carbocycles. The molecule has 4 atom stereocenters. The summed E-state index contributed by atoms with van der Waals surface area (Å²) in [7, 11) is 1.92. The van der Waals surface area contributed by atoms with Gasteiger partial charge in [0.25, 0.3) is 0 Å². The first-order valence-electron chi connectivity index (χ1n) is 7.66. The zero-order chi connectivity index (χ0) is 14.8. The summed E-state index contributed by atoms with van der Waals surface area (Å²) in [6.45, 7) is 2.09. The van der Waals surface area contributed by atoms with Crippen molar-refractivity contribution in [3.8, 4) is 0 Å². The lowest BCUT2D eigenvalue weighted by molar-refractivity contribution is 0.0984. The Labute approximate surface area is 125 Å². The molecule has 2 fully saturated rings. The fourth-order valence-electron chi connectivity index (χ4n) is 3.18. The summed E-state index contributed by atoms with van der Waals surface area (Å²) in [5.74, 6) is 0. The van der Waals surface area contributed by atoms with Gasteiger partial charge in [0, 0.05) is 11.7 Å². The van der Waals surface area contributed by atoms with Crippen LogP contribution in [0.1, 0.15) is 37.8 Å². The Kier molecular flexibility index (Phi) is 4.12. The van der Waals surface area contributed by atoms with Gasteiger partial charge in [0.1, 0.15) is 0 Å². The van der Waals surface area contributed by atoms with Crippen LogP contribution in [0.3, 0.4) is 0 Å². The Morgan fingerprint density at radius 1 is 1.38 bits per heavy atom. The maximum absolute atomic E-state index is 12.1. The quantitative estimate of drug-likeness (QED) is 0.797. The maximum Gasteiger partial charge on any atom is 0.319 e.